The number of halogens is 3. The van der Waals surface area contributed by atoms with Gasteiger partial charge in [0.15, 0.2) is 0 Å². The van der Waals surface area contributed by atoms with E-state index in [0.29, 0.717) is 13.0 Å². The molecule has 84 valence electrons. The fourth-order valence-corrected chi connectivity index (χ4v) is 2.37. The predicted molar refractivity (Wildman–Crippen MR) is 50.0 cm³/mol. The first kappa shape index (κ1) is 11.8. The van der Waals surface area contributed by atoms with Gasteiger partial charge >= 0.3 is 6.18 Å². The zero-order chi connectivity index (χ0) is 10.8. The Balaban J connectivity index is 2.66. The Morgan fingerprint density at radius 3 is 2.29 bits per heavy atom. The van der Waals surface area contributed by atoms with Gasteiger partial charge in [-0.25, -0.2) is 0 Å². The summed E-state index contributed by atoms with van der Waals surface area (Å²) in [6, 6.07) is 0. The number of rotatable bonds is 2. The first-order valence-corrected chi connectivity index (χ1v) is 5.20. The molecule has 2 atom stereocenters. The summed E-state index contributed by atoms with van der Waals surface area (Å²) >= 11 is 0. The molecule has 0 radical (unpaired) electrons. The number of hydrogen-bond acceptors (Lipinski definition) is 1. The summed E-state index contributed by atoms with van der Waals surface area (Å²) in [6.07, 6.45) is -2.48. The third-order valence-electron chi connectivity index (χ3n) is 2.94. The van der Waals surface area contributed by atoms with E-state index < -0.39 is 12.1 Å². The summed E-state index contributed by atoms with van der Waals surface area (Å²) in [6.45, 7) is 4.70. The number of nitrogens with one attached hydrogen (secondary N) is 1. The lowest BCUT2D eigenvalue weighted by molar-refractivity contribution is -0.202. The van der Waals surface area contributed by atoms with E-state index in [-0.39, 0.29) is 11.8 Å². The maximum atomic E-state index is 12.7. The van der Waals surface area contributed by atoms with Gasteiger partial charge in [0.1, 0.15) is 0 Å². The molecule has 1 heterocycles. The second-order valence-corrected chi connectivity index (χ2v) is 4.42. The quantitative estimate of drug-likeness (QED) is 0.737. The summed E-state index contributed by atoms with van der Waals surface area (Å²) < 4.78 is 38.2. The van der Waals surface area contributed by atoms with Gasteiger partial charge in [-0.2, -0.15) is 13.2 Å². The summed E-state index contributed by atoms with van der Waals surface area (Å²) in [5, 5.41) is 3.04. The van der Waals surface area contributed by atoms with Crippen molar-refractivity contribution in [1.29, 1.82) is 0 Å². The van der Waals surface area contributed by atoms with Crippen LogP contribution in [-0.2, 0) is 0 Å². The smallest absolute Gasteiger partial charge is 0.316 e. The molecule has 0 amide bonds. The third kappa shape index (κ3) is 2.87. The molecule has 1 rings (SSSR count). The van der Waals surface area contributed by atoms with Crippen molar-refractivity contribution in [2.45, 2.75) is 32.9 Å². The highest BCUT2D eigenvalue weighted by Crippen LogP contribution is 2.39. The largest absolute Gasteiger partial charge is 0.392 e. The van der Waals surface area contributed by atoms with Gasteiger partial charge in [-0.1, -0.05) is 13.8 Å². The van der Waals surface area contributed by atoms with Crippen molar-refractivity contribution < 1.29 is 13.2 Å². The third-order valence-corrected chi connectivity index (χ3v) is 2.94. The fourth-order valence-electron chi connectivity index (χ4n) is 2.37. The van der Waals surface area contributed by atoms with E-state index in [4.69, 9.17) is 0 Å². The maximum Gasteiger partial charge on any atom is 0.392 e. The minimum absolute atomic E-state index is 0.233. The SMILES string of the molecule is CC(C)C(C1CCCNC1)C(F)(F)F. The molecular formula is C10H18F3N. The average molecular weight is 209 g/mol. The Labute approximate surface area is 83.1 Å². The molecule has 0 aromatic heterocycles. The van der Waals surface area contributed by atoms with Crippen molar-refractivity contribution in [3.8, 4) is 0 Å². The second kappa shape index (κ2) is 4.51. The molecule has 1 N–H and O–H groups in total. The molecule has 1 saturated heterocycles. The average Bonchev–Trinajstić information content (AvgIpc) is 2.02. The van der Waals surface area contributed by atoms with E-state index in [1.54, 1.807) is 13.8 Å². The molecule has 0 aromatic rings. The van der Waals surface area contributed by atoms with Crippen LogP contribution in [-0.4, -0.2) is 19.3 Å². The van der Waals surface area contributed by atoms with Gasteiger partial charge in [0, 0.05) is 0 Å². The van der Waals surface area contributed by atoms with Crippen LogP contribution in [0, 0.1) is 17.8 Å². The lowest BCUT2D eigenvalue weighted by Gasteiger charge is -2.34. The zero-order valence-corrected chi connectivity index (χ0v) is 8.69. The predicted octanol–water partition coefficient (Wildman–Crippen LogP) is 2.82. The molecular weight excluding hydrogens is 191 g/mol. The molecule has 4 heteroatoms. The number of piperidine rings is 1. The minimum atomic E-state index is -4.04. The van der Waals surface area contributed by atoms with Crippen molar-refractivity contribution in [2.75, 3.05) is 13.1 Å². The van der Waals surface area contributed by atoms with Gasteiger partial charge in [-0.05, 0) is 37.8 Å². The van der Waals surface area contributed by atoms with E-state index in [9.17, 15) is 13.2 Å². The zero-order valence-electron chi connectivity index (χ0n) is 8.69. The van der Waals surface area contributed by atoms with Crippen LogP contribution in [0.2, 0.25) is 0 Å². The Bertz CT molecular complexity index is 171. The number of alkyl halides is 3. The van der Waals surface area contributed by atoms with Crippen LogP contribution in [0.1, 0.15) is 26.7 Å². The highest BCUT2D eigenvalue weighted by atomic mass is 19.4. The molecule has 0 spiro atoms. The second-order valence-electron chi connectivity index (χ2n) is 4.42. The lowest BCUT2D eigenvalue weighted by atomic mass is 9.79. The van der Waals surface area contributed by atoms with Gasteiger partial charge in [-0.15, -0.1) is 0 Å². The Kier molecular flexibility index (Phi) is 3.81. The van der Waals surface area contributed by atoms with Crippen LogP contribution in [0.4, 0.5) is 13.2 Å². The molecule has 2 unspecified atom stereocenters. The topological polar surface area (TPSA) is 12.0 Å². The van der Waals surface area contributed by atoms with Gasteiger partial charge in [-0.3, -0.25) is 0 Å². The van der Waals surface area contributed by atoms with Crippen LogP contribution in [0.5, 0.6) is 0 Å². The van der Waals surface area contributed by atoms with Crippen molar-refractivity contribution in [3.05, 3.63) is 0 Å². The number of hydrogen-bond donors (Lipinski definition) is 1. The summed E-state index contributed by atoms with van der Waals surface area (Å²) in [4.78, 5) is 0. The summed E-state index contributed by atoms with van der Waals surface area (Å²) in [7, 11) is 0. The summed E-state index contributed by atoms with van der Waals surface area (Å²) in [5.74, 6) is -1.70. The van der Waals surface area contributed by atoms with E-state index >= 15 is 0 Å². The van der Waals surface area contributed by atoms with Crippen LogP contribution in [0.3, 0.4) is 0 Å². The van der Waals surface area contributed by atoms with E-state index in [0.717, 1.165) is 13.0 Å². The molecule has 1 aliphatic rings. The van der Waals surface area contributed by atoms with Crippen molar-refractivity contribution in [2.24, 2.45) is 17.8 Å². The molecule has 1 fully saturated rings. The Morgan fingerprint density at radius 2 is 1.93 bits per heavy atom. The van der Waals surface area contributed by atoms with Crippen molar-refractivity contribution in [3.63, 3.8) is 0 Å². The fraction of sp³-hybridized carbons (Fsp3) is 1.00. The van der Waals surface area contributed by atoms with Crippen LogP contribution >= 0.6 is 0 Å². The highest BCUT2D eigenvalue weighted by molar-refractivity contribution is 4.82. The Morgan fingerprint density at radius 1 is 1.29 bits per heavy atom. The van der Waals surface area contributed by atoms with E-state index in [2.05, 4.69) is 5.32 Å². The minimum Gasteiger partial charge on any atom is -0.316 e. The molecule has 14 heavy (non-hydrogen) atoms. The molecule has 0 bridgehead atoms. The Hall–Kier alpha value is -0.250. The lowest BCUT2D eigenvalue weighted by Crippen LogP contribution is -2.42. The molecule has 0 saturated carbocycles. The van der Waals surface area contributed by atoms with E-state index in [1.807, 2.05) is 0 Å². The van der Waals surface area contributed by atoms with Crippen molar-refractivity contribution >= 4 is 0 Å². The summed E-state index contributed by atoms with van der Waals surface area (Å²) in [5.41, 5.74) is 0. The maximum absolute atomic E-state index is 12.7. The molecule has 1 aliphatic heterocycles. The van der Waals surface area contributed by atoms with E-state index in [1.165, 1.54) is 0 Å². The molecule has 0 aromatic carbocycles. The van der Waals surface area contributed by atoms with Gasteiger partial charge in [0.2, 0.25) is 0 Å². The molecule has 1 nitrogen and oxygen atoms in total. The first-order chi connectivity index (χ1) is 6.43. The van der Waals surface area contributed by atoms with Crippen LogP contribution in [0.15, 0.2) is 0 Å². The standard InChI is InChI=1S/C10H18F3N/c1-7(2)9(10(11,12)13)8-4-3-5-14-6-8/h7-9,14H,3-6H2,1-2H3. The van der Waals surface area contributed by atoms with Crippen molar-refractivity contribution in [1.82, 2.24) is 5.32 Å². The normalized spacial score (nSPS) is 26.6. The first-order valence-electron chi connectivity index (χ1n) is 5.20. The van der Waals surface area contributed by atoms with Gasteiger partial charge < -0.3 is 5.32 Å². The van der Waals surface area contributed by atoms with Crippen LogP contribution in [0.25, 0.3) is 0 Å². The van der Waals surface area contributed by atoms with Crippen LogP contribution < -0.4 is 5.32 Å². The van der Waals surface area contributed by atoms with Gasteiger partial charge in [0.05, 0.1) is 5.92 Å². The van der Waals surface area contributed by atoms with Gasteiger partial charge in [0.25, 0.3) is 0 Å². The highest BCUT2D eigenvalue weighted by Gasteiger charge is 2.46. The molecule has 0 aliphatic carbocycles. The monoisotopic (exact) mass is 209 g/mol.